The maximum Gasteiger partial charge on any atom is 0.128 e. The molecule has 0 aliphatic heterocycles. The van der Waals surface area contributed by atoms with E-state index in [0.29, 0.717) is 0 Å². The summed E-state index contributed by atoms with van der Waals surface area (Å²) in [5.74, 6) is 0. The lowest BCUT2D eigenvalue weighted by Gasteiger charge is -2.05. The minimum Gasteiger partial charge on any atom is -0.364 e. The van der Waals surface area contributed by atoms with Crippen molar-refractivity contribution in [1.29, 1.82) is 0 Å². The highest BCUT2D eigenvalue weighted by molar-refractivity contribution is 6.22. The lowest BCUT2D eigenvalue weighted by molar-refractivity contribution is 0.419. The van der Waals surface area contributed by atoms with Crippen LogP contribution in [0.25, 0.3) is 0 Å². The Morgan fingerprint density at radius 2 is 1.92 bits per heavy atom. The molecule has 0 saturated carbocycles. The van der Waals surface area contributed by atoms with Gasteiger partial charge in [0.15, 0.2) is 0 Å². The lowest BCUT2D eigenvalue weighted by atomic mass is 10.1. The van der Waals surface area contributed by atoms with Gasteiger partial charge in [0.05, 0.1) is 11.6 Å². The Bertz CT molecular complexity index is 358. The van der Waals surface area contributed by atoms with Gasteiger partial charge in [0, 0.05) is 5.56 Å². The Hall–Kier alpha value is -1.28. The highest BCUT2D eigenvalue weighted by Crippen LogP contribution is 2.27. The second-order valence-corrected chi connectivity index (χ2v) is 3.17. The van der Waals surface area contributed by atoms with Crippen LogP contribution in [0, 0.1) is 0 Å². The minimum atomic E-state index is -0.174. The molecule has 1 aromatic heterocycles. The van der Waals surface area contributed by atoms with E-state index in [-0.39, 0.29) is 5.38 Å². The van der Waals surface area contributed by atoms with Crippen LogP contribution in [-0.2, 0) is 0 Å². The number of benzene rings is 1. The summed E-state index contributed by atoms with van der Waals surface area (Å²) in [5, 5.41) is 3.44. The zero-order chi connectivity index (χ0) is 9.10. The van der Waals surface area contributed by atoms with Crippen molar-refractivity contribution in [3.63, 3.8) is 0 Å². The third-order valence-electron chi connectivity index (χ3n) is 1.84. The summed E-state index contributed by atoms with van der Waals surface area (Å²) in [6.07, 6.45) is 3.19. The van der Waals surface area contributed by atoms with Crippen LogP contribution in [0.5, 0.6) is 0 Å². The average Bonchev–Trinajstić information content (AvgIpc) is 2.71. The Labute approximate surface area is 81.1 Å². The van der Waals surface area contributed by atoms with Gasteiger partial charge in [-0.25, -0.2) is 0 Å². The van der Waals surface area contributed by atoms with Crippen LogP contribution in [-0.4, -0.2) is 5.16 Å². The van der Waals surface area contributed by atoms with Gasteiger partial charge in [0.25, 0.3) is 0 Å². The summed E-state index contributed by atoms with van der Waals surface area (Å²) in [5.41, 5.74) is 1.93. The van der Waals surface area contributed by atoms with Crippen LogP contribution in [0.2, 0.25) is 0 Å². The SMILES string of the molecule is ClC(c1ccccc1)c1cnoc1. The molecule has 66 valence electrons. The number of alkyl halides is 1. The van der Waals surface area contributed by atoms with E-state index in [1.807, 2.05) is 30.3 Å². The predicted octanol–water partition coefficient (Wildman–Crippen LogP) is 3.00. The Kier molecular flexibility index (Phi) is 2.32. The average molecular weight is 194 g/mol. The molecule has 0 saturated heterocycles. The molecule has 1 unspecified atom stereocenters. The maximum absolute atomic E-state index is 6.17. The predicted molar refractivity (Wildman–Crippen MR) is 50.6 cm³/mol. The van der Waals surface area contributed by atoms with Crippen molar-refractivity contribution in [2.75, 3.05) is 0 Å². The van der Waals surface area contributed by atoms with Crippen molar-refractivity contribution >= 4 is 11.6 Å². The zero-order valence-corrected chi connectivity index (χ0v) is 7.61. The highest BCUT2D eigenvalue weighted by Gasteiger charge is 2.11. The maximum atomic E-state index is 6.17. The summed E-state index contributed by atoms with van der Waals surface area (Å²) in [6, 6.07) is 9.83. The molecule has 0 bridgehead atoms. The molecule has 1 aromatic carbocycles. The molecular weight excluding hydrogens is 186 g/mol. The molecule has 1 heterocycles. The van der Waals surface area contributed by atoms with Gasteiger partial charge in [-0.3, -0.25) is 0 Å². The van der Waals surface area contributed by atoms with E-state index in [2.05, 4.69) is 5.16 Å². The number of nitrogens with zero attached hydrogens (tertiary/aromatic N) is 1. The van der Waals surface area contributed by atoms with Crippen molar-refractivity contribution in [3.05, 3.63) is 53.9 Å². The smallest absolute Gasteiger partial charge is 0.128 e. The number of halogens is 1. The number of rotatable bonds is 2. The first-order chi connectivity index (χ1) is 6.38. The second kappa shape index (κ2) is 3.62. The van der Waals surface area contributed by atoms with Crippen LogP contribution in [0.1, 0.15) is 16.5 Å². The summed E-state index contributed by atoms with van der Waals surface area (Å²) in [6.45, 7) is 0. The van der Waals surface area contributed by atoms with E-state index in [9.17, 15) is 0 Å². The molecule has 13 heavy (non-hydrogen) atoms. The largest absolute Gasteiger partial charge is 0.364 e. The van der Waals surface area contributed by atoms with E-state index in [0.717, 1.165) is 11.1 Å². The first-order valence-electron chi connectivity index (χ1n) is 3.96. The molecule has 2 nitrogen and oxygen atoms in total. The molecule has 2 aromatic rings. The third kappa shape index (κ3) is 1.73. The third-order valence-corrected chi connectivity index (χ3v) is 2.34. The minimum absolute atomic E-state index is 0.174. The molecule has 0 aliphatic rings. The summed E-state index contributed by atoms with van der Waals surface area (Å²) in [7, 11) is 0. The topological polar surface area (TPSA) is 26.0 Å². The highest BCUT2D eigenvalue weighted by atomic mass is 35.5. The van der Waals surface area contributed by atoms with Gasteiger partial charge in [0.1, 0.15) is 6.26 Å². The van der Waals surface area contributed by atoms with Crippen LogP contribution in [0.15, 0.2) is 47.3 Å². The Morgan fingerprint density at radius 1 is 1.15 bits per heavy atom. The Balaban J connectivity index is 2.29. The normalized spacial score (nSPS) is 12.7. The number of hydrogen-bond acceptors (Lipinski definition) is 2. The van der Waals surface area contributed by atoms with Crippen molar-refractivity contribution in [1.82, 2.24) is 5.16 Å². The molecule has 0 amide bonds. The van der Waals surface area contributed by atoms with Gasteiger partial charge in [-0.15, -0.1) is 11.6 Å². The van der Waals surface area contributed by atoms with Gasteiger partial charge in [-0.2, -0.15) is 0 Å². The molecule has 0 aliphatic carbocycles. The van der Waals surface area contributed by atoms with Crippen molar-refractivity contribution < 1.29 is 4.52 Å². The Morgan fingerprint density at radius 3 is 2.54 bits per heavy atom. The van der Waals surface area contributed by atoms with E-state index >= 15 is 0 Å². The molecule has 0 radical (unpaired) electrons. The van der Waals surface area contributed by atoms with Crippen LogP contribution < -0.4 is 0 Å². The number of hydrogen-bond donors (Lipinski definition) is 0. The van der Waals surface area contributed by atoms with Crippen LogP contribution in [0.4, 0.5) is 0 Å². The van der Waals surface area contributed by atoms with Crippen molar-refractivity contribution in [2.24, 2.45) is 0 Å². The first kappa shape index (κ1) is 8.32. The monoisotopic (exact) mass is 193 g/mol. The molecule has 3 heteroatoms. The summed E-state index contributed by atoms with van der Waals surface area (Å²) >= 11 is 6.17. The molecule has 0 fully saturated rings. The van der Waals surface area contributed by atoms with E-state index in [1.54, 1.807) is 12.5 Å². The fourth-order valence-corrected chi connectivity index (χ4v) is 1.41. The fraction of sp³-hybridized carbons (Fsp3) is 0.100. The molecule has 0 N–H and O–H groups in total. The lowest BCUT2D eigenvalue weighted by Crippen LogP contribution is -1.89. The molecular formula is C10H8ClNO. The van der Waals surface area contributed by atoms with Gasteiger partial charge in [-0.05, 0) is 5.56 Å². The van der Waals surface area contributed by atoms with E-state index in [1.165, 1.54) is 0 Å². The molecule has 2 rings (SSSR count). The quantitative estimate of drug-likeness (QED) is 0.686. The summed E-state index contributed by atoms with van der Waals surface area (Å²) < 4.78 is 4.72. The standard InChI is InChI=1S/C10H8ClNO/c11-10(9-6-12-13-7-9)8-4-2-1-3-5-8/h1-7,10H. The zero-order valence-electron chi connectivity index (χ0n) is 6.85. The summed E-state index contributed by atoms with van der Waals surface area (Å²) in [4.78, 5) is 0. The second-order valence-electron chi connectivity index (χ2n) is 2.73. The fourth-order valence-electron chi connectivity index (χ4n) is 1.15. The van der Waals surface area contributed by atoms with Gasteiger partial charge < -0.3 is 4.52 Å². The van der Waals surface area contributed by atoms with Gasteiger partial charge in [-0.1, -0.05) is 35.5 Å². The first-order valence-corrected chi connectivity index (χ1v) is 4.40. The molecule has 0 spiro atoms. The van der Waals surface area contributed by atoms with Crippen molar-refractivity contribution in [3.8, 4) is 0 Å². The van der Waals surface area contributed by atoms with Crippen LogP contribution >= 0.6 is 11.6 Å². The molecule has 1 atom stereocenters. The van der Waals surface area contributed by atoms with E-state index < -0.39 is 0 Å². The van der Waals surface area contributed by atoms with Crippen LogP contribution in [0.3, 0.4) is 0 Å². The number of aromatic nitrogens is 1. The van der Waals surface area contributed by atoms with Crippen molar-refractivity contribution in [2.45, 2.75) is 5.38 Å². The van der Waals surface area contributed by atoms with E-state index in [4.69, 9.17) is 16.1 Å². The van der Waals surface area contributed by atoms with Gasteiger partial charge >= 0.3 is 0 Å². The van der Waals surface area contributed by atoms with Gasteiger partial charge in [0.2, 0.25) is 0 Å².